The molecule has 1 aliphatic rings. The number of anilines is 1. The molecular weight excluding hydrogens is 272 g/mol. The Hall–Kier alpha value is -1.69. The molecule has 1 saturated carbocycles. The molecule has 2 aromatic rings. The van der Waals surface area contributed by atoms with E-state index < -0.39 is 0 Å². The highest BCUT2D eigenvalue weighted by Gasteiger charge is 2.26. The third-order valence-electron chi connectivity index (χ3n) is 3.77. The minimum atomic E-state index is -0.0852. The molecule has 0 spiro atoms. The molecule has 0 bridgehead atoms. The van der Waals surface area contributed by atoms with E-state index in [-0.39, 0.29) is 11.9 Å². The first-order chi connectivity index (χ1) is 9.69. The van der Waals surface area contributed by atoms with Crippen LogP contribution in [0.3, 0.4) is 0 Å². The summed E-state index contributed by atoms with van der Waals surface area (Å²) in [7, 11) is 0. The average molecular weight is 290 g/mol. The van der Waals surface area contributed by atoms with Gasteiger partial charge in [0.2, 0.25) is 0 Å². The van der Waals surface area contributed by atoms with Crippen LogP contribution in [0.15, 0.2) is 12.3 Å². The zero-order valence-corrected chi connectivity index (χ0v) is 12.2. The second kappa shape index (κ2) is 5.36. The Morgan fingerprint density at radius 2 is 2.40 bits per heavy atom. The number of fused-ring (bicyclic) bond motifs is 1. The second-order valence-electron chi connectivity index (χ2n) is 5.35. The first kappa shape index (κ1) is 13.3. The van der Waals surface area contributed by atoms with E-state index in [4.69, 9.17) is 5.73 Å². The Morgan fingerprint density at radius 1 is 1.60 bits per heavy atom. The van der Waals surface area contributed by atoms with Crippen molar-refractivity contribution in [3.63, 3.8) is 0 Å². The van der Waals surface area contributed by atoms with E-state index in [0.717, 1.165) is 24.1 Å². The van der Waals surface area contributed by atoms with Crippen molar-refractivity contribution in [3.8, 4) is 0 Å². The first-order valence-corrected chi connectivity index (χ1v) is 7.81. The molecule has 1 fully saturated rings. The van der Waals surface area contributed by atoms with Gasteiger partial charge in [-0.25, -0.2) is 0 Å². The fourth-order valence-corrected chi connectivity index (χ4v) is 3.32. The maximum Gasteiger partial charge on any atom is 0.263 e. The van der Waals surface area contributed by atoms with Gasteiger partial charge in [0, 0.05) is 11.4 Å². The van der Waals surface area contributed by atoms with E-state index in [1.807, 2.05) is 0 Å². The summed E-state index contributed by atoms with van der Waals surface area (Å²) in [6.45, 7) is 2.10. The summed E-state index contributed by atoms with van der Waals surface area (Å²) in [5, 5.41) is 11.7. The fourth-order valence-electron chi connectivity index (χ4n) is 2.38. The van der Waals surface area contributed by atoms with Gasteiger partial charge in [-0.3, -0.25) is 4.79 Å². The molecule has 1 atom stereocenters. The van der Waals surface area contributed by atoms with Gasteiger partial charge in [0.1, 0.15) is 9.71 Å². The van der Waals surface area contributed by atoms with Gasteiger partial charge in [0.25, 0.3) is 5.91 Å². The monoisotopic (exact) mass is 290 g/mol. The van der Waals surface area contributed by atoms with Gasteiger partial charge in [-0.05, 0) is 24.8 Å². The molecule has 6 heteroatoms. The lowest BCUT2D eigenvalue weighted by Crippen LogP contribution is -2.34. The summed E-state index contributed by atoms with van der Waals surface area (Å²) in [6.07, 6.45) is 6.22. The molecule has 1 unspecified atom stereocenters. The van der Waals surface area contributed by atoms with Crippen LogP contribution in [0.5, 0.6) is 0 Å². The number of carbonyl (C=O) groups is 1. The van der Waals surface area contributed by atoms with Crippen LogP contribution in [0.25, 0.3) is 10.2 Å². The Kier molecular flexibility index (Phi) is 3.56. The third kappa shape index (κ3) is 2.60. The number of carbonyl (C=O) groups excluding carboxylic acids is 1. The van der Waals surface area contributed by atoms with Crippen molar-refractivity contribution in [2.45, 2.75) is 38.6 Å². The van der Waals surface area contributed by atoms with E-state index in [1.165, 1.54) is 24.2 Å². The number of hydrogen-bond acceptors (Lipinski definition) is 5. The van der Waals surface area contributed by atoms with Crippen molar-refractivity contribution in [3.05, 3.63) is 17.1 Å². The predicted molar refractivity (Wildman–Crippen MR) is 80.7 cm³/mol. The number of nitrogen functional groups attached to an aromatic ring is 1. The molecule has 106 valence electrons. The lowest BCUT2D eigenvalue weighted by Gasteiger charge is -2.16. The van der Waals surface area contributed by atoms with Gasteiger partial charge in [-0.1, -0.05) is 19.8 Å². The number of nitrogens with zero attached hydrogens (tertiary/aromatic N) is 2. The minimum Gasteiger partial charge on any atom is -0.397 e. The van der Waals surface area contributed by atoms with Crippen molar-refractivity contribution in [2.24, 2.45) is 5.92 Å². The van der Waals surface area contributed by atoms with Crippen molar-refractivity contribution in [1.29, 1.82) is 0 Å². The molecule has 3 N–H and O–H groups in total. The molecule has 0 aliphatic heterocycles. The van der Waals surface area contributed by atoms with E-state index in [9.17, 15) is 4.79 Å². The standard InChI is InChI=1S/C14H18N4OS/c1-2-9(7-8-3-4-8)17-13(19)12-11(15)10-5-6-16-18-14(10)20-12/h5-6,8-9H,2-4,7,15H2,1H3,(H,17,19). The highest BCUT2D eigenvalue weighted by Crippen LogP contribution is 2.35. The quantitative estimate of drug-likeness (QED) is 0.887. The van der Waals surface area contributed by atoms with Crippen molar-refractivity contribution >= 4 is 33.1 Å². The number of hydrogen-bond donors (Lipinski definition) is 2. The molecular formula is C14H18N4OS. The summed E-state index contributed by atoms with van der Waals surface area (Å²) in [6, 6.07) is 2.04. The summed E-state index contributed by atoms with van der Waals surface area (Å²) < 4.78 is 0. The number of aromatic nitrogens is 2. The number of nitrogens with one attached hydrogen (secondary N) is 1. The van der Waals surface area contributed by atoms with Gasteiger partial charge < -0.3 is 11.1 Å². The normalized spacial score (nSPS) is 16.2. The molecule has 1 amide bonds. The van der Waals surface area contributed by atoms with E-state index in [0.29, 0.717) is 15.4 Å². The van der Waals surface area contributed by atoms with Crippen LogP contribution in [0.2, 0.25) is 0 Å². The summed E-state index contributed by atoms with van der Waals surface area (Å²) in [5.74, 6) is 0.712. The van der Waals surface area contributed by atoms with Crippen molar-refractivity contribution in [2.75, 3.05) is 5.73 Å². The molecule has 0 aromatic carbocycles. The SMILES string of the molecule is CCC(CC1CC1)NC(=O)c1sc2nnccc2c1N. The lowest BCUT2D eigenvalue weighted by atomic mass is 10.1. The van der Waals surface area contributed by atoms with E-state index in [1.54, 1.807) is 12.3 Å². The number of thiophene rings is 1. The number of nitrogens with two attached hydrogens (primary N) is 1. The zero-order chi connectivity index (χ0) is 14.1. The van der Waals surface area contributed by atoms with E-state index >= 15 is 0 Å². The Labute approximate surface area is 121 Å². The van der Waals surface area contributed by atoms with Crippen molar-refractivity contribution < 1.29 is 4.79 Å². The van der Waals surface area contributed by atoms with Gasteiger partial charge >= 0.3 is 0 Å². The second-order valence-corrected chi connectivity index (χ2v) is 6.35. The minimum absolute atomic E-state index is 0.0852. The number of amides is 1. The molecule has 0 radical (unpaired) electrons. The van der Waals surface area contributed by atoms with Crippen LogP contribution >= 0.6 is 11.3 Å². The fraction of sp³-hybridized carbons (Fsp3) is 0.500. The topological polar surface area (TPSA) is 80.9 Å². The van der Waals surface area contributed by atoms with Crippen LogP contribution in [0.1, 0.15) is 42.3 Å². The molecule has 1 aliphatic carbocycles. The van der Waals surface area contributed by atoms with Crippen LogP contribution in [0, 0.1) is 5.92 Å². The molecule has 3 rings (SSSR count). The summed E-state index contributed by atoms with van der Waals surface area (Å²) >= 11 is 1.31. The molecule has 0 saturated heterocycles. The Morgan fingerprint density at radius 3 is 3.05 bits per heavy atom. The summed E-state index contributed by atoms with van der Waals surface area (Å²) in [5.41, 5.74) is 6.57. The largest absolute Gasteiger partial charge is 0.397 e. The van der Waals surface area contributed by atoms with Crippen LogP contribution in [-0.4, -0.2) is 22.1 Å². The zero-order valence-electron chi connectivity index (χ0n) is 11.4. The van der Waals surface area contributed by atoms with Crippen LogP contribution in [0.4, 0.5) is 5.69 Å². The number of rotatable bonds is 5. The molecule has 2 heterocycles. The Bertz CT molecular complexity index is 635. The predicted octanol–water partition coefficient (Wildman–Crippen LogP) is 2.58. The third-order valence-corrected chi connectivity index (χ3v) is 4.87. The molecule has 5 nitrogen and oxygen atoms in total. The lowest BCUT2D eigenvalue weighted by molar-refractivity contribution is 0.0937. The van der Waals surface area contributed by atoms with Gasteiger partial charge in [0.15, 0.2) is 0 Å². The van der Waals surface area contributed by atoms with Gasteiger partial charge in [-0.15, -0.1) is 16.4 Å². The van der Waals surface area contributed by atoms with Gasteiger partial charge in [-0.2, -0.15) is 5.10 Å². The van der Waals surface area contributed by atoms with Crippen LogP contribution in [-0.2, 0) is 0 Å². The highest BCUT2D eigenvalue weighted by atomic mass is 32.1. The smallest absolute Gasteiger partial charge is 0.263 e. The Balaban J connectivity index is 1.78. The van der Waals surface area contributed by atoms with Crippen LogP contribution < -0.4 is 11.1 Å². The van der Waals surface area contributed by atoms with E-state index in [2.05, 4.69) is 22.4 Å². The average Bonchev–Trinajstić information content (AvgIpc) is 3.21. The highest BCUT2D eigenvalue weighted by molar-refractivity contribution is 7.21. The summed E-state index contributed by atoms with van der Waals surface area (Å²) in [4.78, 5) is 13.6. The molecule has 20 heavy (non-hydrogen) atoms. The van der Waals surface area contributed by atoms with Crippen molar-refractivity contribution in [1.82, 2.24) is 15.5 Å². The maximum absolute atomic E-state index is 12.4. The molecule has 2 aromatic heterocycles. The van der Waals surface area contributed by atoms with Gasteiger partial charge in [0.05, 0.1) is 11.9 Å². The maximum atomic E-state index is 12.4. The first-order valence-electron chi connectivity index (χ1n) is 6.99.